The average molecular weight is 388 g/mol. The predicted molar refractivity (Wildman–Crippen MR) is 108 cm³/mol. The highest BCUT2D eigenvalue weighted by Gasteiger charge is 2.27. The van der Waals surface area contributed by atoms with Gasteiger partial charge in [-0.15, -0.1) is 0 Å². The Morgan fingerprint density at radius 2 is 1.52 bits per heavy atom. The summed E-state index contributed by atoms with van der Waals surface area (Å²) in [6.45, 7) is 11.2. The number of hydrogen-bond donors (Lipinski definition) is 1. The van der Waals surface area contributed by atoms with E-state index in [9.17, 15) is 9.59 Å². The fourth-order valence-electron chi connectivity index (χ4n) is 3.30. The molecule has 1 fully saturated rings. The van der Waals surface area contributed by atoms with Crippen LogP contribution in [0, 0.1) is 17.8 Å². The van der Waals surface area contributed by atoms with E-state index in [0.29, 0.717) is 57.7 Å². The maximum absolute atomic E-state index is 12.0. The Bertz CT molecular complexity index is 423. The second-order valence-corrected chi connectivity index (χ2v) is 7.97. The molecule has 0 aliphatic heterocycles. The van der Waals surface area contributed by atoms with Crippen molar-refractivity contribution in [3.05, 3.63) is 0 Å². The molecule has 0 radical (unpaired) electrons. The third-order valence-corrected chi connectivity index (χ3v) is 4.93. The van der Waals surface area contributed by atoms with Gasteiger partial charge in [0.2, 0.25) is 5.91 Å². The van der Waals surface area contributed by atoms with Crippen LogP contribution in [0.25, 0.3) is 0 Å². The van der Waals surface area contributed by atoms with Crippen LogP contribution in [0.15, 0.2) is 0 Å². The first-order valence-corrected chi connectivity index (χ1v) is 10.5. The van der Waals surface area contributed by atoms with Crippen LogP contribution in [0.4, 0.5) is 0 Å². The van der Waals surface area contributed by atoms with Gasteiger partial charge in [0.15, 0.2) is 0 Å². The summed E-state index contributed by atoms with van der Waals surface area (Å²) in [7, 11) is 0. The molecular formula is C21H41NO5. The molecule has 6 nitrogen and oxygen atoms in total. The van der Waals surface area contributed by atoms with Gasteiger partial charge >= 0.3 is 0 Å². The highest BCUT2D eigenvalue weighted by atomic mass is 16.5. The van der Waals surface area contributed by atoms with Crippen LogP contribution in [0.1, 0.15) is 61.2 Å². The number of carbonyl (C=O) groups excluding carboxylic acids is 2. The molecule has 1 amide bonds. The number of ketones is 1. The van der Waals surface area contributed by atoms with Gasteiger partial charge in [-0.2, -0.15) is 0 Å². The smallest absolute Gasteiger partial charge is 0.222 e. The first-order chi connectivity index (χ1) is 12.9. The predicted octanol–water partition coefficient (Wildman–Crippen LogP) is 3.23. The van der Waals surface area contributed by atoms with Crippen LogP contribution in [-0.4, -0.2) is 57.4 Å². The van der Waals surface area contributed by atoms with Crippen LogP contribution in [0.3, 0.4) is 0 Å². The van der Waals surface area contributed by atoms with Crippen LogP contribution in [-0.2, 0) is 23.8 Å². The zero-order valence-corrected chi connectivity index (χ0v) is 17.6. The van der Waals surface area contributed by atoms with Gasteiger partial charge in [-0.25, -0.2) is 0 Å². The quantitative estimate of drug-likeness (QED) is 0.463. The second kappa shape index (κ2) is 14.1. The summed E-state index contributed by atoms with van der Waals surface area (Å²) in [6, 6.07) is 0. The molecule has 1 saturated carbocycles. The third-order valence-electron chi connectivity index (χ3n) is 4.93. The summed E-state index contributed by atoms with van der Waals surface area (Å²) in [5.41, 5.74) is 0. The number of amides is 1. The van der Waals surface area contributed by atoms with E-state index < -0.39 is 0 Å². The molecule has 0 heterocycles. The van der Waals surface area contributed by atoms with Crippen molar-refractivity contribution in [3.63, 3.8) is 0 Å². The summed E-state index contributed by atoms with van der Waals surface area (Å²) >= 11 is 0. The summed E-state index contributed by atoms with van der Waals surface area (Å²) in [5, 5.41) is 3.00. The van der Waals surface area contributed by atoms with E-state index in [1.807, 2.05) is 27.7 Å². The molecular weight excluding hydrogens is 346 g/mol. The van der Waals surface area contributed by atoms with Crippen LogP contribution < -0.4 is 5.32 Å². The van der Waals surface area contributed by atoms with E-state index in [1.165, 1.54) is 0 Å². The van der Waals surface area contributed by atoms with Crippen molar-refractivity contribution in [2.75, 3.05) is 39.6 Å². The van der Waals surface area contributed by atoms with Gasteiger partial charge in [-0.1, -0.05) is 13.8 Å². The van der Waals surface area contributed by atoms with E-state index in [-0.39, 0.29) is 25.3 Å². The number of carbonyl (C=O) groups is 2. The Kier molecular flexibility index (Phi) is 12.5. The van der Waals surface area contributed by atoms with Gasteiger partial charge in [0.05, 0.1) is 39.1 Å². The van der Waals surface area contributed by atoms with E-state index in [0.717, 1.165) is 25.7 Å². The summed E-state index contributed by atoms with van der Waals surface area (Å²) in [4.78, 5) is 23.9. The standard InChI is InChI=1S/C21H39NO5.H2/c1-16(2)21(24)19-7-5-18(6-8-19)15-22-20(23)9-10-25-11-12-26-13-14-27-17(3)4;/h16-19H,5-15H2,1-4H3,(H,22,23);1H. The van der Waals surface area contributed by atoms with Gasteiger partial charge in [-0.3, -0.25) is 9.59 Å². The molecule has 1 aliphatic carbocycles. The van der Waals surface area contributed by atoms with Crippen molar-refractivity contribution in [1.29, 1.82) is 0 Å². The Morgan fingerprint density at radius 3 is 2.11 bits per heavy atom. The molecule has 0 spiro atoms. The molecule has 0 bridgehead atoms. The Balaban J connectivity index is 0.00000729. The van der Waals surface area contributed by atoms with E-state index >= 15 is 0 Å². The Hall–Kier alpha value is -0.980. The summed E-state index contributed by atoms with van der Waals surface area (Å²) < 4.78 is 16.2. The lowest BCUT2D eigenvalue weighted by Crippen LogP contribution is -2.33. The van der Waals surface area contributed by atoms with Gasteiger partial charge in [0, 0.05) is 26.2 Å². The molecule has 1 aliphatic rings. The van der Waals surface area contributed by atoms with Crippen molar-refractivity contribution < 1.29 is 25.2 Å². The third kappa shape index (κ3) is 11.5. The van der Waals surface area contributed by atoms with Crippen molar-refractivity contribution in [1.82, 2.24) is 5.32 Å². The maximum atomic E-state index is 12.0. The molecule has 0 aromatic carbocycles. The van der Waals surface area contributed by atoms with E-state index in [2.05, 4.69) is 5.32 Å². The maximum Gasteiger partial charge on any atom is 0.222 e. The molecule has 0 aromatic heterocycles. The topological polar surface area (TPSA) is 73.9 Å². The molecule has 0 saturated heterocycles. The number of ether oxygens (including phenoxy) is 3. The first-order valence-electron chi connectivity index (χ1n) is 10.5. The van der Waals surface area contributed by atoms with Crippen molar-refractivity contribution in [3.8, 4) is 0 Å². The molecule has 27 heavy (non-hydrogen) atoms. The van der Waals surface area contributed by atoms with Crippen LogP contribution in [0.2, 0.25) is 0 Å². The molecule has 0 aromatic rings. The van der Waals surface area contributed by atoms with E-state index in [1.54, 1.807) is 0 Å². The van der Waals surface area contributed by atoms with Crippen molar-refractivity contribution >= 4 is 11.7 Å². The normalized spacial score (nSPS) is 20.2. The molecule has 0 unspecified atom stereocenters. The Morgan fingerprint density at radius 1 is 0.926 bits per heavy atom. The van der Waals surface area contributed by atoms with Crippen molar-refractivity contribution in [2.45, 2.75) is 65.9 Å². The summed E-state index contributed by atoms with van der Waals surface area (Å²) in [5.74, 6) is 1.27. The van der Waals surface area contributed by atoms with Crippen molar-refractivity contribution in [2.24, 2.45) is 17.8 Å². The fourth-order valence-corrected chi connectivity index (χ4v) is 3.30. The Labute approximate surface area is 166 Å². The monoisotopic (exact) mass is 387 g/mol. The number of Topliss-reactive ketones (excluding diaryl/α,β-unsaturated/α-hetero) is 1. The van der Waals surface area contributed by atoms with Gasteiger partial charge in [0.25, 0.3) is 0 Å². The van der Waals surface area contributed by atoms with Gasteiger partial charge in [0.1, 0.15) is 5.78 Å². The fraction of sp³-hybridized carbons (Fsp3) is 0.905. The number of hydrogen-bond acceptors (Lipinski definition) is 5. The lowest BCUT2D eigenvalue weighted by atomic mass is 9.78. The largest absolute Gasteiger partial charge is 0.379 e. The van der Waals surface area contributed by atoms with Crippen LogP contribution in [0.5, 0.6) is 0 Å². The average Bonchev–Trinajstić information content (AvgIpc) is 2.64. The van der Waals surface area contributed by atoms with Crippen LogP contribution >= 0.6 is 0 Å². The number of nitrogens with one attached hydrogen (secondary N) is 1. The second-order valence-electron chi connectivity index (χ2n) is 7.97. The van der Waals surface area contributed by atoms with Gasteiger partial charge in [-0.05, 0) is 45.4 Å². The van der Waals surface area contributed by atoms with E-state index in [4.69, 9.17) is 14.2 Å². The van der Waals surface area contributed by atoms with Gasteiger partial charge < -0.3 is 19.5 Å². The SMILES string of the molecule is CC(C)OCCOCCOCCC(=O)NCC1CCC(C(=O)C(C)C)CC1.[HH]. The lowest BCUT2D eigenvalue weighted by Gasteiger charge is -2.28. The first kappa shape index (κ1) is 24.1. The molecule has 0 atom stereocenters. The molecule has 6 heteroatoms. The number of rotatable bonds is 14. The zero-order valence-electron chi connectivity index (χ0n) is 17.6. The highest BCUT2D eigenvalue weighted by Crippen LogP contribution is 2.30. The minimum Gasteiger partial charge on any atom is -0.379 e. The molecule has 1 N–H and O–H groups in total. The molecule has 160 valence electrons. The summed E-state index contributed by atoms with van der Waals surface area (Å²) in [6.07, 6.45) is 4.57. The zero-order chi connectivity index (χ0) is 20.1. The highest BCUT2D eigenvalue weighted by molar-refractivity contribution is 5.82. The minimum absolute atomic E-state index is 0. The lowest BCUT2D eigenvalue weighted by molar-refractivity contribution is -0.127. The molecule has 1 rings (SSSR count). The minimum atomic E-state index is 0.